The quantitative estimate of drug-likeness (QED) is 0.141. The summed E-state index contributed by atoms with van der Waals surface area (Å²) in [6.45, 7) is 19.2. The fourth-order valence-corrected chi connectivity index (χ4v) is 6.59. The number of benzene rings is 1. The highest BCUT2D eigenvalue weighted by molar-refractivity contribution is 5.85. The minimum absolute atomic E-state index is 0.0290. The first-order chi connectivity index (χ1) is 21.2. The van der Waals surface area contributed by atoms with Gasteiger partial charge >= 0.3 is 5.97 Å². The molecule has 2 N–H and O–H groups in total. The summed E-state index contributed by atoms with van der Waals surface area (Å²) in [6.07, 6.45) is 13.8. The van der Waals surface area contributed by atoms with Crippen molar-refractivity contribution in [1.29, 1.82) is 0 Å². The Hall–Kier alpha value is -2.57. The number of Topliss-reactive ketones (excluding diaryl/α,β-unsaturated/α-hetero) is 1. The van der Waals surface area contributed by atoms with Gasteiger partial charge in [0.2, 0.25) is 0 Å². The second kappa shape index (κ2) is 18.5. The topological polar surface area (TPSA) is 102 Å². The maximum absolute atomic E-state index is 12.6. The van der Waals surface area contributed by atoms with Crippen LogP contribution in [0.15, 0.2) is 0 Å². The molecule has 0 radical (unpaired) electrons. The summed E-state index contributed by atoms with van der Waals surface area (Å²) in [5.41, 5.74) is 3.85. The van der Waals surface area contributed by atoms with Crippen molar-refractivity contribution in [2.45, 2.75) is 164 Å². The van der Waals surface area contributed by atoms with Gasteiger partial charge in [0, 0.05) is 18.4 Å². The number of carbonyl (C=O) groups is 3. The number of hydrogen-bond donors (Lipinski definition) is 2. The van der Waals surface area contributed by atoms with E-state index in [2.05, 4.69) is 39.9 Å². The molecule has 0 bridgehead atoms. The standard InChI is InChI=1S/C38H63NO6/c1-10-31(40)19-20-33(37(42)43)39-34(41)24-44-35-28(6)29(7)36-32(30(35)8)21-23-38(9,45-36)22-13-18-27(5)17-12-16-26(4)15-11-14-25(2)3/h25-27,33H,10-24H2,1-9H3,(H,39,41)(H,42,43)/t26-,27-,33+,38-/m1/s1. The lowest BCUT2D eigenvalue weighted by Gasteiger charge is -2.38. The molecule has 0 spiro atoms. The molecule has 256 valence electrons. The minimum atomic E-state index is -1.16. The number of fused-ring (bicyclic) bond motifs is 1. The van der Waals surface area contributed by atoms with Crippen molar-refractivity contribution in [2.75, 3.05) is 6.61 Å². The van der Waals surface area contributed by atoms with Crippen LogP contribution >= 0.6 is 0 Å². The van der Waals surface area contributed by atoms with E-state index in [1.165, 1.54) is 44.9 Å². The van der Waals surface area contributed by atoms with Crippen molar-refractivity contribution >= 4 is 17.7 Å². The number of hydrogen-bond acceptors (Lipinski definition) is 5. The van der Waals surface area contributed by atoms with Gasteiger partial charge in [-0.15, -0.1) is 0 Å². The normalized spacial score (nSPS) is 18.1. The zero-order valence-corrected chi connectivity index (χ0v) is 29.9. The zero-order chi connectivity index (χ0) is 33.7. The van der Waals surface area contributed by atoms with Crippen molar-refractivity contribution < 1.29 is 29.0 Å². The molecule has 45 heavy (non-hydrogen) atoms. The van der Waals surface area contributed by atoms with Crippen LogP contribution < -0.4 is 14.8 Å². The molecule has 0 aliphatic carbocycles. The molecule has 0 aromatic heterocycles. The molecule has 7 nitrogen and oxygen atoms in total. The lowest BCUT2D eigenvalue weighted by Crippen LogP contribution is -2.43. The summed E-state index contributed by atoms with van der Waals surface area (Å²) in [4.78, 5) is 35.8. The molecule has 1 aliphatic heterocycles. The van der Waals surface area contributed by atoms with E-state index in [9.17, 15) is 19.5 Å². The van der Waals surface area contributed by atoms with E-state index in [0.29, 0.717) is 12.2 Å². The summed E-state index contributed by atoms with van der Waals surface area (Å²) >= 11 is 0. The van der Waals surface area contributed by atoms with Gasteiger partial charge < -0.3 is 19.9 Å². The summed E-state index contributed by atoms with van der Waals surface area (Å²) in [5, 5.41) is 12.0. The van der Waals surface area contributed by atoms with Gasteiger partial charge in [-0.1, -0.05) is 79.6 Å². The fraction of sp³-hybridized carbons (Fsp3) is 0.763. The molecule has 4 atom stereocenters. The van der Waals surface area contributed by atoms with E-state index in [-0.39, 0.29) is 30.8 Å². The van der Waals surface area contributed by atoms with Crippen LogP contribution in [0.5, 0.6) is 11.5 Å². The Balaban J connectivity index is 1.90. The van der Waals surface area contributed by atoms with Gasteiger partial charge in [-0.3, -0.25) is 9.59 Å². The number of ketones is 1. The van der Waals surface area contributed by atoms with E-state index in [0.717, 1.165) is 71.4 Å². The van der Waals surface area contributed by atoms with E-state index in [4.69, 9.17) is 9.47 Å². The highest BCUT2D eigenvalue weighted by Gasteiger charge is 2.34. The van der Waals surface area contributed by atoms with Crippen LogP contribution in [0, 0.1) is 38.5 Å². The fourth-order valence-electron chi connectivity index (χ4n) is 6.59. The van der Waals surface area contributed by atoms with Crippen molar-refractivity contribution in [3.63, 3.8) is 0 Å². The Morgan fingerprint density at radius 3 is 2.07 bits per heavy atom. The van der Waals surface area contributed by atoms with Crippen LogP contribution in [-0.2, 0) is 20.8 Å². The van der Waals surface area contributed by atoms with Gasteiger partial charge in [0.15, 0.2) is 6.61 Å². The van der Waals surface area contributed by atoms with Crippen molar-refractivity contribution in [3.05, 3.63) is 22.3 Å². The summed E-state index contributed by atoms with van der Waals surface area (Å²) < 4.78 is 12.7. The minimum Gasteiger partial charge on any atom is -0.487 e. The second-order valence-electron chi connectivity index (χ2n) is 14.6. The van der Waals surface area contributed by atoms with Crippen LogP contribution in [0.3, 0.4) is 0 Å². The number of ether oxygens (including phenoxy) is 2. The van der Waals surface area contributed by atoms with Gasteiger partial charge in [-0.05, 0) is 94.2 Å². The number of aliphatic carboxylic acids is 1. The summed E-state index contributed by atoms with van der Waals surface area (Å²) in [6, 6.07) is -1.12. The number of nitrogens with one attached hydrogen (secondary N) is 1. The molecule has 2 rings (SSSR count). The third-order valence-corrected chi connectivity index (χ3v) is 9.93. The van der Waals surface area contributed by atoms with E-state index < -0.39 is 17.9 Å². The summed E-state index contributed by atoms with van der Waals surface area (Å²) in [5.74, 6) is 2.28. The van der Waals surface area contributed by atoms with Gasteiger partial charge in [-0.2, -0.15) is 0 Å². The van der Waals surface area contributed by atoms with E-state index >= 15 is 0 Å². The third-order valence-electron chi connectivity index (χ3n) is 9.93. The molecule has 1 aromatic carbocycles. The molecule has 0 saturated heterocycles. The Labute approximate surface area is 273 Å². The average Bonchev–Trinajstić information content (AvgIpc) is 2.97. The van der Waals surface area contributed by atoms with Crippen molar-refractivity contribution in [3.8, 4) is 11.5 Å². The number of amides is 1. The van der Waals surface area contributed by atoms with Gasteiger partial charge in [0.1, 0.15) is 28.9 Å². The monoisotopic (exact) mass is 629 g/mol. The summed E-state index contributed by atoms with van der Waals surface area (Å²) in [7, 11) is 0. The van der Waals surface area contributed by atoms with E-state index in [1.54, 1.807) is 6.92 Å². The highest BCUT2D eigenvalue weighted by atomic mass is 16.5. The molecular formula is C38H63NO6. The van der Waals surface area contributed by atoms with Gasteiger partial charge in [0.05, 0.1) is 0 Å². The predicted octanol–water partition coefficient (Wildman–Crippen LogP) is 8.84. The Morgan fingerprint density at radius 2 is 1.49 bits per heavy atom. The maximum atomic E-state index is 12.6. The van der Waals surface area contributed by atoms with Gasteiger partial charge in [0.25, 0.3) is 5.91 Å². The van der Waals surface area contributed by atoms with Crippen molar-refractivity contribution in [1.82, 2.24) is 5.32 Å². The van der Waals surface area contributed by atoms with Gasteiger partial charge in [-0.25, -0.2) is 4.79 Å². The molecule has 1 heterocycles. The molecule has 0 saturated carbocycles. The SMILES string of the molecule is CCC(=O)CC[C@H](NC(=O)COc1c(C)c(C)c2c(c1C)CC[C@@](C)(CCC[C@H](C)CCC[C@H](C)CCCC(C)C)O2)C(=O)O. The Bertz CT molecular complexity index is 1130. The number of carbonyl (C=O) groups excluding carboxylic acids is 2. The molecule has 1 aromatic rings. The molecule has 0 fully saturated rings. The van der Waals surface area contributed by atoms with Crippen LogP contribution in [0.25, 0.3) is 0 Å². The lowest BCUT2D eigenvalue weighted by molar-refractivity contribution is -0.142. The molecular weight excluding hydrogens is 566 g/mol. The first-order valence-electron chi connectivity index (χ1n) is 17.7. The smallest absolute Gasteiger partial charge is 0.326 e. The zero-order valence-electron chi connectivity index (χ0n) is 29.9. The number of carboxylic acid groups (broad SMARTS) is 1. The largest absolute Gasteiger partial charge is 0.487 e. The number of carboxylic acids is 1. The van der Waals surface area contributed by atoms with Crippen LogP contribution in [0.2, 0.25) is 0 Å². The van der Waals surface area contributed by atoms with Crippen LogP contribution in [0.1, 0.15) is 147 Å². The average molecular weight is 630 g/mol. The Kier molecular flexibility index (Phi) is 15.9. The first-order valence-corrected chi connectivity index (χ1v) is 17.7. The molecule has 1 amide bonds. The number of rotatable bonds is 21. The molecule has 1 aliphatic rings. The highest BCUT2D eigenvalue weighted by Crippen LogP contribution is 2.45. The predicted molar refractivity (Wildman–Crippen MR) is 182 cm³/mol. The third kappa shape index (κ3) is 12.6. The van der Waals surface area contributed by atoms with Crippen LogP contribution in [-0.4, -0.2) is 41.0 Å². The first kappa shape index (κ1) is 38.6. The van der Waals surface area contributed by atoms with Crippen LogP contribution in [0.4, 0.5) is 0 Å². The molecule has 7 heteroatoms. The molecule has 0 unspecified atom stereocenters. The maximum Gasteiger partial charge on any atom is 0.326 e. The Morgan fingerprint density at radius 1 is 0.889 bits per heavy atom. The second-order valence-corrected chi connectivity index (χ2v) is 14.6. The lowest BCUT2D eigenvalue weighted by atomic mass is 9.83. The van der Waals surface area contributed by atoms with E-state index in [1.807, 2.05) is 20.8 Å². The van der Waals surface area contributed by atoms with Crippen molar-refractivity contribution in [2.24, 2.45) is 17.8 Å².